The number of amides is 2. The summed E-state index contributed by atoms with van der Waals surface area (Å²) >= 11 is 0. The molecule has 3 N–H and O–H groups in total. The van der Waals surface area contributed by atoms with Crippen LogP contribution in [-0.2, 0) is 13.5 Å². The molecule has 0 bridgehead atoms. The van der Waals surface area contributed by atoms with Crippen LogP contribution in [0.5, 0.6) is 0 Å². The van der Waals surface area contributed by atoms with E-state index in [1.165, 1.54) is 18.3 Å². The molecule has 190 valence electrons. The summed E-state index contributed by atoms with van der Waals surface area (Å²) in [6, 6.07) is 16.2. The monoisotopic (exact) mass is 510 g/mol. The Morgan fingerprint density at radius 1 is 1.08 bits per heavy atom. The fraction of sp³-hybridized carbons (Fsp3) is 0.143. The molecule has 1 aliphatic carbocycles. The molecule has 0 spiro atoms. The molecule has 38 heavy (non-hydrogen) atoms. The van der Waals surface area contributed by atoms with E-state index in [1.807, 2.05) is 49.5 Å². The number of nitrogens with zero attached hydrogens (tertiary/aromatic N) is 4. The molecule has 6 rings (SSSR count). The number of nitrogens with one attached hydrogen (secondary N) is 2. The van der Waals surface area contributed by atoms with E-state index in [9.17, 15) is 19.1 Å². The lowest BCUT2D eigenvalue weighted by Crippen LogP contribution is -2.37. The van der Waals surface area contributed by atoms with Crippen LogP contribution in [0.3, 0.4) is 0 Å². The molecule has 0 unspecified atom stereocenters. The zero-order valence-corrected chi connectivity index (χ0v) is 20.3. The molecule has 2 amide bonds. The van der Waals surface area contributed by atoms with Crippen molar-refractivity contribution in [1.82, 2.24) is 24.5 Å². The van der Waals surface area contributed by atoms with Gasteiger partial charge in [0.05, 0.1) is 29.7 Å². The number of rotatable bonds is 5. The molecule has 5 aromatic rings. The fourth-order valence-electron chi connectivity index (χ4n) is 4.87. The van der Waals surface area contributed by atoms with Crippen molar-refractivity contribution < 1.29 is 19.1 Å². The summed E-state index contributed by atoms with van der Waals surface area (Å²) < 4.78 is 18.0. The minimum atomic E-state index is -0.830. The molecule has 2 aromatic carbocycles. The first kappa shape index (κ1) is 23.6. The Morgan fingerprint density at radius 2 is 1.92 bits per heavy atom. The molecule has 0 radical (unpaired) electrons. The summed E-state index contributed by atoms with van der Waals surface area (Å²) in [5.41, 5.74) is 4.30. The van der Waals surface area contributed by atoms with Gasteiger partial charge in [-0.25, -0.2) is 9.37 Å². The quantitative estimate of drug-likeness (QED) is 0.335. The lowest BCUT2D eigenvalue weighted by atomic mass is 10.1. The number of aromatic nitrogens is 4. The maximum absolute atomic E-state index is 14.6. The zero-order chi connectivity index (χ0) is 26.4. The van der Waals surface area contributed by atoms with Gasteiger partial charge in [-0.2, -0.15) is 5.10 Å². The van der Waals surface area contributed by atoms with E-state index in [-0.39, 0.29) is 16.9 Å². The van der Waals surface area contributed by atoms with Crippen molar-refractivity contribution >= 4 is 23.1 Å². The Balaban J connectivity index is 1.20. The molecule has 0 aliphatic heterocycles. The second-order valence-corrected chi connectivity index (χ2v) is 9.20. The van der Waals surface area contributed by atoms with E-state index in [0.29, 0.717) is 12.1 Å². The number of aliphatic hydroxyl groups excluding tert-OH is 1. The third-order valence-electron chi connectivity index (χ3n) is 6.85. The molecular weight excluding hydrogens is 487 g/mol. The number of benzene rings is 2. The van der Waals surface area contributed by atoms with Crippen molar-refractivity contribution in [2.45, 2.75) is 18.6 Å². The molecule has 9 nitrogen and oxygen atoms in total. The van der Waals surface area contributed by atoms with Crippen molar-refractivity contribution in [3.05, 3.63) is 107 Å². The SMILES string of the molecule is Cn1nccc1-c1ccn2c(C(=O)Nc3cc(C(=O)N[C@@H]4Cc5ccccc5[C@@H]4O)ccc3F)cnc2c1. The van der Waals surface area contributed by atoms with Gasteiger partial charge in [-0.15, -0.1) is 0 Å². The average molecular weight is 511 g/mol. The van der Waals surface area contributed by atoms with Crippen LogP contribution >= 0.6 is 0 Å². The Kier molecular flexibility index (Phi) is 5.73. The largest absolute Gasteiger partial charge is 0.386 e. The number of carbonyl (C=O) groups excluding carboxylic acids is 2. The smallest absolute Gasteiger partial charge is 0.274 e. The molecular formula is C28H23FN6O3. The summed E-state index contributed by atoms with van der Waals surface area (Å²) in [4.78, 5) is 30.3. The Hall–Kier alpha value is -4.83. The van der Waals surface area contributed by atoms with Gasteiger partial charge in [0.2, 0.25) is 0 Å². The van der Waals surface area contributed by atoms with E-state index >= 15 is 0 Å². The number of pyridine rings is 1. The van der Waals surface area contributed by atoms with E-state index in [0.717, 1.165) is 28.5 Å². The van der Waals surface area contributed by atoms with Crippen LogP contribution in [0.1, 0.15) is 38.1 Å². The fourth-order valence-corrected chi connectivity index (χ4v) is 4.87. The minimum absolute atomic E-state index is 0.139. The van der Waals surface area contributed by atoms with Crippen molar-refractivity contribution in [3.8, 4) is 11.3 Å². The number of imidazole rings is 1. The first-order valence-electron chi connectivity index (χ1n) is 12.0. The van der Waals surface area contributed by atoms with Gasteiger partial charge in [-0.1, -0.05) is 24.3 Å². The van der Waals surface area contributed by atoms with Gasteiger partial charge in [0, 0.05) is 30.6 Å². The zero-order valence-electron chi connectivity index (χ0n) is 20.3. The van der Waals surface area contributed by atoms with Gasteiger partial charge >= 0.3 is 0 Å². The van der Waals surface area contributed by atoms with E-state index in [4.69, 9.17) is 0 Å². The van der Waals surface area contributed by atoms with Gasteiger partial charge in [-0.05, 0) is 53.9 Å². The second kappa shape index (κ2) is 9.24. The van der Waals surface area contributed by atoms with Crippen molar-refractivity contribution in [2.75, 3.05) is 5.32 Å². The Bertz CT molecular complexity index is 1710. The van der Waals surface area contributed by atoms with Crippen LogP contribution in [0.2, 0.25) is 0 Å². The molecule has 3 aromatic heterocycles. The molecule has 1 aliphatic rings. The number of aliphatic hydroxyl groups is 1. The first-order valence-corrected chi connectivity index (χ1v) is 12.0. The van der Waals surface area contributed by atoms with Crippen LogP contribution in [0, 0.1) is 5.82 Å². The summed E-state index contributed by atoms with van der Waals surface area (Å²) in [6.45, 7) is 0. The number of halogens is 1. The van der Waals surface area contributed by atoms with Gasteiger partial charge in [0.25, 0.3) is 11.8 Å². The highest BCUT2D eigenvalue weighted by molar-refractivity contribution is 6.04. The first-order chi connectivity index (χ1) is 18.4. The van der Waals surface area contributed by atoms with Crippen LogP contribution in [0.15, 0.2) is 79.3 Å². The number of hydrogen-bond acceptors (Lipinski definition) is 5. The van der Waals surface area contributed by atoms with Crippen LogP contribution in [-0.4, -0.2) is 42.1 Å². The molecule has 3 heterocycles. The lowest BCUT2D eigenvalue weighted by Gasteiger charge is -2.17. The van der Waals surface area contributed by atoms with E-state index in [2.05, 4.69) is 20.7 Å². The second-order valence-electron chi connectivity index (χ2n) is 9.20. The van der Waals surface area contributed by atoms with E-state index < -0.39 is 29.8 Å². The van der Waals surface area contributed by atoms with E-state index in [1.54, 1.807) is 21.5 Å². The Labute approximate surface area is 216 Å². The lowest BCUT2D eigenvalue weighted by molar-refractivity contribution is 0.0858. The summed E-state index contributed by atoms with van der Waals surface area (Å²) in [5.74, 6) is -1.74. The number of aryl methyl sites for hydroxylation is 1. The predicted octanol–water partition coefficient (Wildman–Crippen LogP) is 3.51. The predicted molar refractivity (Wildman–Crippen MR) is 138 cm³/mol. The van der Waals surface area contributed by atoms with Crippen molar-refractivity contribution in [1.29, 1.82) is 0 Å². The van der Waals surface area contributed by atoms with Gasteiger partial charge in [-0.3, -0.25) is 18.7 Å². The van der Waals surface area contributed by atoms with Gasteiger partial charge < -0.3 is 15.7 Å². The number of fused-ring (bicyclic) bond motifs is 2. The summed E-state index contributed by atoms with van der Waals surface area (Å²) in [6.07, 6.45) is 4.48. The number of hydrogen-bond donors (Lipinski definition) is 3. The highest BCUT2D eigenvalue weighted by atomic mass is 19.1. The highest BCUT2D eigenvalue weighted by Gasteiger charge is 2.32. The Morgan fingerprint density at radius 3 is 2.71 bits per heavy atom. The normalized spacial score (nSPS) is 16.4. The molecule has 0 fully saturated rings. The van der Waals surface area contributed by atoms with Crippen LogP contribution in [0.25, 0.3) is 16.9 Å². The van der Waals surface area contributed by atoms with Crippen LogP contribution < -0.4 is 10.6 Å². The number of carbonyl (C=O) groups is 2. The van der Waals surface area contributed by atoms with Crippen LogP contribution in [0.4, 0.5) is 10.1 Å². The average Bonchev–Trinajstić information content (AvgIpc) is 3.62. The van der Waals surface area contributed by atoms with Gasteiger partial charge in [0.1, 0.15) is 17.2 Å². The third-order valence-corrected chi connectivity index (χ3v) is 6.85. The summed E-state index contributed by atoms with van der Waals surface area (Å²) in [5, 5.41) is 20.1. The van der Waals surface area contributed by atoms with Gasteiger partial charge in [0.15, 0.2) is 0 Å². The highest BCUT2D eigenvalue weighted by Crippen LogP contribution is 2.31. The third kappa shape index (κ3) is 4.10. The molecule has 0 saturated heterocycles. The van der Waals surface area contributed by atoms with Crippen molar-refractivity contribution in [3.63, 3.8) is 0 Å². The topological polar surface area (TPSA) is 114 Å². The molecule has 0 saturated carbocycles. The standard InChI is InChI=1S/C28H23FN6O3/c1-34-23(8-10-31-34)17-9-11-35-24(15-30-25(35)14-17)28(38)32-21-13-18(6-7-20(21)29)27(37)33-22-12-16-4-2-3-5-19(16)26(22)36/h2-11,13-15,22,26,36H,12H2,1H3,(H,32,38)(H,33,37)/t22-,26+/m1/s1. The number of anilines is 1. The van der Waals surface area contributed by atoms with Crippen molar-refractivity contribution in [2.24, 2.45) is 7.05 Å². The minimum Gasteiger partial charge on any atom is -0.386 e. The summed E-state index contributed by atoms with van der Waals surface area (Å²) in [7, 11) is 1.84. The maximum atomic E-state index is 14.6. The molecule has 2 atom stereocenters. The molecule has 10 heteroatoms. The maximum Gasteiger partial charge on any atom is 0.274 e.